The maximum Gasteiger partial charge on any atom is 0.428 e. The van der Waals surface area contributed by atoms with Crippen molar-refractivity contribution in [2.45, 2.75) is 58.4 Å². The largest absolute Gasteiger partial charge is 0.619 e. The fraction of sp³-hybridized carbons (Fsp3) is 0.414. The molecule has 1 aliphatic carbocycles. The number of alkyl halides is 2. The third-order valence-corrected chi connectivity index (χ3v) is 8.91. The maximum absolute atomic E-state index is 13.5. The van der Waals surface area contributed by atoms with E-state index in [9.17, 15) is 32.0 Å². The van der Waals surface area contributed by atoms with Gasteiger partial charge in [-0.3, -0.25) is 0 Å². The van der Waals surface area contributed by atoms with Gasteiger partial charge >= 0.3 is 18.7 Å². The lowest BCUT2D eigenvalue weighted by Gasteiger charge is -2.25. The number of halogens is 4. The van der Waals surface area contributed by atoms with Crippen molar-refractivity contribution in [1.29, 1.82) is 0 Å². The molecule has 0 unspecified atom stereocenters. The number of nitrogens with zero attached hydrogens (tertiary/aromatic N) is 2. The van der Waals surface area contributed by atoms with E-state index in [1.165, 1.54) is 23.6 Å². The number of anilines is 1. The van der Waals surface area contributed by atoms with E-state index < -0.39 is 40.4 Å². The number of rotatable bonds is 12. The summed E-state index contributed by atoms with van der Waals surface area (Å²) in [4.78, 5) is 26.2. The summed E-state index contributed by atoms with van der Waals surface area (Å²) >= 11 is 13.4. The van der Waals surface area contributed by atoms with Crippen LogP contribution in [0.5, 0.6) is 11.5 Å². The van der Waals surface area contributed by atoms with E-state index in [2.05, 4.69) is 4.74 Å². The van der Waals surface area contributed by atoms with Crippen LogP contribution in [0.15, 0.2) is 42.0 Å². The highest BCUT2D eigenvalue weighted by Crippen LogP contribution is 2.38. The Hall–Kier alpha value is -3.40. The summed E-state index contributed by atoms with van der Waals surface area (Å²) in [5.41, 5.74) is -0.617. The minimum absolute atomic E-state index is 0.00651. The van der Waals surface area contributed by atoms with Gasteiger partial charge in [-0.15, -0.1) is 11.3 Å². The molecule has 11 nitrogen and oxygen atoms in total. The molecule has 2 aromatic heterocycles. The molecule has 1 aromatic carbocycles. The van der Waals surface area contributed by atoms with E-state index in [-0.39, 0.29) is 62.2 Å². The zero-order valence-corrected chi connectivity index (χ0v) is 28.1. The fourth-order valence-electron chi connectivity index (χ4n) is 4.12. The molecule has 46 heavy (non-hydrogen) atoms. The average molecular weight is 724 g/mol. The van der Waals surface area contributed by atoms with E-state index in [1.54, 1.807) is 20.8 Å². The Morgan fingerprint density at radius 1 is 1.13 bits per heavy atom. The molecule has 1 amide bonds. The zero-order chi connectivity index (χ0) is 34.0. The molecule has 1 saturated carbocycles. The van der Waals surface area contributed by atoms with Crippen molar-refractivity contribution in [3.63, 3.8) is 0 Å². The van der Waals surface area contributed by atoms with Crippen molar-refractivity contribution >= 4 is 62.3 Å². The van der Waals surface area contributed by atoms with Crippen LogP contribution in [-0.4, -0.2) is 45.6 Å². The molecular weight excluding hydrogens is 693 g/mol. The van der Waals surface area contributed by atoms with E-state index in [1.807, 2.05) is 0 Å². The van der Waals surface area contributed by atoms with Crippen molar-refractivity contribution in [3.8, 4) is 11.5 Å². The molecule has 0 aliphatic heterocycles. The summed E-state index contributed by atoms with van der Waals surface area (Å²) in [5, 5.41) is 13.1. The van der Waals surface area contributed by atoms with Crippen LogP contribution < -0.4 is 18.5 Å². The Labute approximate surface area is 278 Å². The van der Waals surface area contributed by atoms with Gasteiger partial charge in [-0.25, -0.2) is 18.0 Å². The zero-order valence-electron chi connectivity index (χ0n) is 25.0. The predicted octanol–water partition coefficient (Wildman–Crippen LogP) is 6.92. The van der Waals surface area contributed by atoms with Crippen LogP contribution in [0.4, 0.5) is 19.3 Å². The minimum atomic E-state index is -4.17. The van der Waals surface area contributed by atoms with Crippen LogP contribution in [-0.2, 0) is 25.9 Å². The number of sulfonamides is 1. The molecule has 0 radical (unpaired) electrons. The maximum atomic E-state index is 13.5. The first kappa shape index (κ1) is 35.5. The Morgan fingerprint density at radius 3 is 2.35 bits per heavy atom. The van der Waals surface area contributed by atoms with Gasteiger partial charge in [0.1, 0.15) is 26.6 Å². The van der Waals surface area contributed by atoms with Crippen molar-refractivity contribution in [2.24, 2.45) is 5.92 Å². The second-order valence-electron chi connectivity index (χ2n) is 11.4. The number of aromatic nitrogens is 1. The van der Waals surface area contributed by atoms with Gasteiger partial charge in [0.25, 0.3) is 0 Å². The van der Waals surface area contributed by atoms with Crippen LogP contribution in [0.3, 0.4) is 0 Å². The normalized spacial score (nSPS) is 14.1. The monoisotopic (exact) mass is 722 g/mol. The summed E-state index contributed by atoms with van der Waals surface area (Å²) in [6.07, 6.45) is 2.31. The molecule has 250 valence electrons. The Balaban J connectivity index is 1.69. The summed E-state index contributed by atoms with van der Waals surface area (Å²) in [5.74, 6) is -0.876. The van der Waals surface area contributed by atoms with Crippen molar-refractivity contribution in [2.75, 3.05) is 17.2 Å². The number of carbonyl (C=O) groups is 2. The molecule has 0 bridgehead atoms. The third kappa shape index (κ3) is 9.56. The number of carbonyl (C=O) groups excluding carboxylic acids is 2. The molecule has 1 aliphatic rings. The topological polar surface area (TPSA) is 135 Å². The van der Waals surface area contributed by atoms with E-state index >= 15 is 0 Å². The molecule has 1 fully saturated rings. The number of esters is 1. The number of thiophene rings is 1. The second kappa shape index (κ2) is 14.2. The third-order valence-electron chi connectivity index (χ3n) is 6.34. The van der Waals surface area contributed by atoms with Crippen molar-refractivity contribution in [3.05, 3.63) is 73.3 Å². The van der Waals surface area contributed by atoms with Crippen LogP contribution >= 0.6 is 34.5 Å². The predicted molar refractivity (Wildman–Crippen MR) is 166 cm³/mol. The Kier molecular flexibility index (Phi) is 10.9. The molecule has 2 heterocycles. The van der Waals surface area contributed by atoms with Crippen LogP contribution in [0.2, 0.25) is 10.0 Å². The molecule has 0 N–H and O–H groups in total. The summed E-state index contributed by atoms with van der Waals surface area (Å²) in [6.45, 7) is 1.85. The number of ether oxygens (including phenoxy) is 4. The standard InChI is InChI=1S/C29H30Cl2F2N2O9S2/c1-29(2,3)44-28(37)35(46(4,39)40)18-10-25(45-15-18)26(36)42-23(11-19-20(30)12-34(38)13-21(19)31)17-7-8-22(43-27(32)33)24(9-17)41-14-16-5-6-16/h7-10,12-13,15-16,23,27H,5-6,11,14H2,1-4H3/t23-/m0/s1. The smallest absolute Gasteiger partial charge is 0.428 e. The SMILES string of the molecule is CC(C)(C)OC(=O)N(c1csc(C(=O)O[C@@H](Cc2c(Cl)c[n+]([O-])cc2Cl)c2ccc(OC(F)F)c(OCC3CC3)c2)c1)S(C)(=O)=O. The summed E-state index contributed by atoms with van der Waals surface area (Å²) < 4.78 is 73.6. The first-order valence-corrected chi connectivity index (χ1v) is 17.2. The molecule has 1 atom stereocenters. The lowest BCUT2D eigenvalue weighted by Crippen LogP contribution is -2.40. The molecule has 0 saturated heterocycles. The first-order chi connectivity index (χ1) is 21.4. The van der Waals surface area contributed by atoms with Gasteiger partial charge in [-0.1, -0.05) is 29.3 Å². The molecule has 0 spiro atoms. The highest BCUT2D eigenvalue weighted by Gasteiger charge is 2.33. The Morgan fingerprint density at radius 2 is 1.78 bits per heavy atom. The van der Waals surface area contributed by atoms with Crippen LogP contribution in [0.25, 0.3) is 0 Å². The van der Waals surface area contributed by atoms with Gasteiger partial charge in [0.2, 0.25) is 10.0 Å². The van der Waals surface area contributed by atoms with Gasteiger partial charge < -0.3 is 24.2 Å². The van der Waals surface area contributed by atoms with Gasteiger partial charge in [0.05, 0.1) is 18.6 Å². The highest BCUT2D eigenvalue weighted by molar-refractivity contribution is 7.92. The quantitative estimate of drug-likeness (QED) is 0.111. The van der Waals surface area contributed by atoms with Crippen LogP contribution in [0, 0.1) is 11.1 Å². The molecule has 17 heteroatoms. The van der Waals surface area contributed by atoms with Gasteiger partial charge in [0, 0.05) is 17.4 Å². The lowest BCUT2D eigenvalue weighted by atomic mass is 10.0. The first-order valence-electron chi connectivity index (χ1n) is 13.7. The molecule has 3 aromatic rings. The second-order valence-corrected chi connectivity index (χ2v) is 15.0. The minimum Gasteiger partial charge on any atom is -0.619 e. The van der Waals surface area contributed by atoms with Gasteiger partial charge in [0.15, 0.2) is 23.9 Å². The van der Waals surface area contributed by atoms with E-state index in [0.29, 0.717) is 9.04 Å². The Bertz CT molecular complexity index is 1690. The van der Waals surface area contributed by atoms with Crippen molar-refractivity contribution in [1.82, 2.24) is 0 Å². The lowest BCUT2D eigenvalue weighted by molar-refractivity contribution is -0.605. The summed E-state index contributed by atoms with van der Waals surface area (Å²) in [7, 11) is -4.17. The molecular formula is C29H30Cl2F2N2O9S2. The summed E-state index contributed by atoms with van der Waals surface area (Å²) in [6, 6.07) is 5.19. The number of amides is 1. The number of hydrogen-bond acceptors (Lipinski definition) is 10. The fourth-order valence-corrected chi connectivity index (χ4v) is 6.34. The van der Waals surface area contributed by atoms with E-state index in [0.717, 1.165) is 48.9 Å². The van der Waals surface area contributed by atoms with Gasteiger partial charge in [-0.05, 0) is 63.3 Å². The number of hydrogen-bond donors (Lipinski definition) is 0. The van der Waals surface area contributed by atoms with Crippen LogP contribution in [0.1, 0.15) is 60.5 Å². The molecule has 4 rings (SSSR count). The number of benzene rings is 1. The van der Waals surface area contributed by atoms with Crippen molar-refractivity contribution < 1.29 is 50.5 Å². The number of pyridine rings is 1. The average Bonchev–Trinajstić information content (AvgIpc) is 3.62. The van der Waals surface area contributed by atoms with E-state index in [4.69, 9.17) is 37.4 Å². The van der Waals surface area contributed by atoms with Gasteiger partial charge in [-0.2, -0.15) is 17.8 Å². The highest BCUT2D eigenvalue weighted by atomic mass is 35.5.